The second-order valence-electron chi connectivity index (χ2n) is 4.80. The van der Waals surface area contributed by atoms with E-state index in [1.54, 1.807) is 18.0 Å². The number of hydrogen-bond donors (Lipinski definition) is 1. The summed E-state index contributed by atoms with van der Waals surface area (Å²) >= 11 is 5.93. The normalized spacial score (nSPS) is 10.5. The molecule has 0 fully saturated rings. The van der Waals surface area contributed by atoms with Gasteiger partial charge in [-0.1, -0.05) is 17.7 Å². The fourth-order valence-electron chi connectivity index (χ4n) is 1.99. The summed E-state index contributed by atoms with van der Waals surface area (Å²) in [5.74, 6) is 0.553. The monoisotopic (exact) mass is 307 g/mol. The number of halogens is 1. The highest BCUT2D eigenvalue weighted by Gasteiger charge is 2.10. The molecule has 0 spiro atoms. The Labute approximate surface area is 128 Å². The van der Waals surface area contributed by atoms with E-state index in [1.165, 1.54) is 0 Å². The molecule has 112 valence electrons. The lowest BCUT2D eigenvalue weighted by molar-refractivity contribution is -0.116. The van der Waals surface area contributed by atoms with Gasteiger partial charge in [0.25, 0.3) is 0 Å². The van der Waals surface area contributed by atoms with Crippen molar-refractivity contribution >= 4 is 23.2 Å². The topological polar surface area (TPSA) is 56.1 Å². The molecule has 0 bridgehead atoms. The molecule has 0 aliphatic rings. The molecule has 5 nitrogen and oxygen atoms in total. The summed E-state index contributed by atoms with van der Waals surface area (Å²) in [6, 6.07) is 5.65. The average Bonchev–Trinajstić information content (AvgIpc) is 2.77. The summed E-state index contributed by atoms with van der Waals surface area (Å²) in [6.45, 7) is 4.32. The van der Waals surface area contributed by atoms with Gasteiger partial charge < -0.3 is 10.1 Å². The van der Waals surface area contributed by atoms with Crippen molar-refractivity contribution in [3.8, 4) is 5.75 Å². The van der Waals surface area contributed by atoms with Gasteiger partial charge in [0.2, 0.25) is 5.91 Å². The van der Waals surface area contributed by atoms with Crippen LogP contribution in [0.15, 0.2) is 24.4 Å². The van der Waals surface area contributed by atoms with E-state index in [9.17, 15) is 4.79 Å². The van der Waals surface area contributed by atoms with Crippen LogP contribution in [0.25, 0.3) is 0 Å². The van der Waals surface area contributed by atoms with Gasteiger partial charge in [0.05, 0.1) is 36.3 Å². The molecule has 0 unspecified atom stereocenters. The second-order valence-corrected chi connectivity index (χ2v) is 5.21. The van der Waals surface area contributed by atoms with Crippen molar-refractivity contribution in [3.63, 3.8) is 0 Å². The number of rotatable bonds is 5. The number of methoxy groups -OCH3 is 1. The first-order valence-corrected chi connectivity index (χ1v) is 7.01. The van der Waals surface area contributed by atoms with Gasteiger partial charge in [0.15, 0.2) is 0 Å². The van der Waals surface area contributed by atoms with Crippen molar-refractivity contribution in [2.24, 2.45) is 0 Å². The van der Waals surface area contributed by atoms with E-state index in [0.29, 0.717) is 29.4 Å². The first kappa shape index (κ1) is 15.4. The van der Waals surface area contributed by atoms with E-state index in [0.717, 1.165) is 11.3 Å². The number of benzene rings is 1. The molecule has 0 saturated heterocycles. The Morgan fingerprint density at radius 1 is 1.43 bits per heavy atom. The fraction of sp³-hybridized carbons (Fsp3) is 0.333. The van der Waals surface area contributed by atoms with Gasteiger partial charge in [0.1, 0.15) is 5.75 Å². The SMILES string of the molecule is COc1ccc(C)cc1NC(=O)CCn1ncc(Cl)c1C. The average molecular weight is 308 g/mol. The van der Waals surface area contributed by atoms with Gasteiger partial charge in [-0.2, -0.15) is 5.10 Å². The third kappa shape index (κ3) is 3.76. The molecule has 6 heteroatoms. The third-order valence-corrected chi connectivity index (χ3v) is 3.59. The van der Waals surface area contributed by atoms with E-state index in [-0.39, 0.29) is 5.91 Å². The maximum absolute atomic E-state index is 12.0. The quantitative estimate of drug-likeness (QED) is 0.923. The second kappa shape index (κ2) is 6.63. The highest BCUT2D eigenvalue weighted by molar-refractivity contribution is 6.31. The lowest BCUT2D eigenvalue weighted by atomic mass is 10.2. The summed E-state index contributed by atoms with van der Waals surface area (Å²) in [4.78, 5) is 12.0. The molecule has 21 heavy (non-hydrogen) atoms. The Kier molecular flexibility index (Phi) is 4.85. The summed E-state index contributed by atoms with van der Waals surface area (Å²) < 4.78 is 6.95. The Hall–Kier alpha value is -2.01. The fourth-order valence-corrected chi connectivity index (χ4v) is 2.13. The van der Waals surface area contributed by atoms with Crippen LogP contribution in [0.2, 0.25) is 5.02 Å². The molecule has 0 atom stereocenters. The minimum Gasteiger partial charge on any atom is -0.495 e. The molecule has 0 radical (unpaired) electrons. The van der Waals surface area contributed by atoms with E-state index in [4.69, 9.17) is 16.3 Å². The molecule has 1 heterocycles. The largest absolute Gasteiger partial charge is 0.495 e. The molecule has 1 aromatic carbocycles. The zero-order valence-corrected chi connectivity index (χ0v) is 13.1. The minimum absolute atomic E-state index is 0.0927. The maximum Gasteiger partial charge on any atom is 0.226 e. The smallest absolute Gasteiger partial charge is 0.226 e. The van der Waals surface area contributed by atoms with Crippen molar-refractivity contribution in [2.45, 2.75) is 26.8 Å². The van der Waals surface area contributed by atoms with Crippen molar-refractivity contribution in [2.75, 3.05) is 12.4 Å². The lowest BCUT2D eigenvalue weighted by Gasteiger charge is -2.11. The van der Waals surface area contributed by atoms with Crippen LogP contribution in [0.3, 0.4) is 0 Å². The molecular formula is C15H18ClN3O2. The lowest BCUT2D eigenvalue weighted by Crippen LogP contribution is -2.16. The molecule has 1 amide bonds. The molecule has 0 aliphatic carbocycles. The predicted octanol–water partition coefficient (Wildman–Crippen LogP) is 3.19. The van der Waals surface area contributed by atoms with Gasteiger partial charge in [0, 0.05) is 6.42 Å². The van der Waals surface area contributed by atoms with Crippen LogP contribution in [0, 0.1) is 13.8 Å². The maximum atomic E-state index is 12.0. The van der Waals surface area contributed by atoms with Crippen molar-refractivity contribution < 1.29 is 9.53 Å². The van der Waals surface area contributed by atoms with Gasteiger partial charge in [-0.25, -0.2) is 0 Å². The van der Waals surface area contributed by atoms with Gasteiger partial charge in [-0.15, -0.1) is 0 Å². The molecule has 2 rings (SSSR count). The van der Waals surface area contributed by atoms with E-state index < -0.39 is 0 Å². The van der Waals surface area contributed by atoms with E-state index in [1.807, 2.05) is 32.0 Å². The van der Waals surface area contributed by atoms with Crippen molar-refractivity contribution in [3.05, 3.63) is 40.7 Å². The standard InChI is InChI=1S/C15H18ClN3O2/c1-10-4-5-14(21-3)13(8-10)18-15(20)6-7-19-11(2)12(16)9-17-19/h4-5,8-9H,6-7H2,1-3H3,(H,18,20). The van der Waals surface area contributed by atoms with Crippen LogP contribution in [-0.4, -0.2) is 22.8 Å². The predicted molar refractivity (Wildman–Crippen MR) is 83.0 cm³/mol. The van der Waals surface area contributed by atoms with Gasteiger partial charge in [-0.3, -0.25) is 9.48 Å². The Balaban J connectivity index is 1.99. The van der Waals surface area contributed by atoms with Crippen LogP contribution >= 0.6 is 11.6 Å². The molecule has 1 N–H and O–H groups in total. The minimum atomic E-state index is -0.0927. The summed E-state index contributed by atoms with van der Waals surface area (Å²) in [5, 5.41) is 7.59. The Bertz CT molecular complexity index is 652. The summed E-state index contributed by atoms with van der Waals surface area (Å²) in [6.07, 6.45) is 1.90. The van der Waals surface area contributed by atoms with Crippen LogP contribution in [0.5, 0.6) is 5.75 Å². The molecule has 2 aromatic rings. The van der Waals surface area contributed by atoms with Gasteiger partial charge in [-0.05, 0) is 31.5 Å². The van der Waals surface area contributed by atoms with Crippen LogP contribution < -0.4 is 10.1 Å². The van der Waals surface area contributed by atoms with E-state index >= 15 is 0 Å². The third-order valence-electron chi connectivity index (χ3n) is 3.22. The number of nitrogens with zero attached hydrogens (tertiary/aromatic N) is 2. The first-order chi connectivity index (χ1) is 10.0. The van der Waals surface area contributed by atoms with Crippen LogP contribution in [0.4, 0.5) is 5.69 Å². The van der Waals surface area contributed by atoms with Crippen LogP contribution in [-0.2, 0) is 11.3 Å². The van der Waals surface area contributed by atoms with Crippen LogP contribution in [0.1, 0.15) is 17.7 Å². The molecular weight excluding hydrogens is 290 g/mol. The molecule has 1 aromatic heterocycles. The number of nitrogens with one attached hydrogen (secondary N) is 1. The number of anilines is 1. The van der Waals surface area contributed by atoms with E-state index in [2.05, 4.69) is 10.4 Å². The Morgan fingerprint density at radius 2 is 2.19 bits per heavy atom. The highest BCUT2D eigenvalue weighted by Crippen LogP contribution is 2.25. The first-order valence-electron chi connectivity index (χ1n) is 6.63. The number of ether oxygens (including phenoxy) is 1. The number of amides is 1. The van der Waals surface area contributed by atoms with Crippen molar-refractivity contribution in [1.29, 1.82) is 0 Å². The number of aromatic nitrogens is 2. The number of carbonyl (C=O) groups is 1. The summed E-state index contributed by atoms with van der Waals surface area (Å²) in [7, 11) is 1.58. The molecule has 0 saturated carbocycles. The molecule has 0 aliphatic heterocycles. The van der Waals surface area contributed by atoms with Crippen molar-refractivity contribution in [1.82, 2.24) is 9.78 Å². The summed E-state index contributed by atoms with van der Waals surface area (Å²) in [5.41, 5.74) is 2.59. The zero-order valence-electron chi connectivity index (χ0n) is 12.3. The number of hydrogen-bond acceptors (Lipinski definition) is 3. The number of carbonyl (C=O) groups excluding carboxylic acids is 1. The van der Waals surface area contributed by atoms with Gasteiger partial charge >= 0.3 is 0 Å². The highest BCUT2D eigenvalue weighted by atomic mass is 35.5. The Morgan fingerprint density at radius 3 is 2.81 bits per heavy atom. The number of aryl methyl sites for hydroxylation is 2. The zero-order chi connectivity index (χ0) is 15.4.